The van der Waals surface area contributed by atoms with E-state index in [1.54, 1.807) is 12.3 Å². The van der Waals surface area contributed by atoms with Crippen LogP contribution in [0.25, 0.3) is 0 Å². The highest BCUT2D eigenvalue weighted by Crippen LogP contribution is 2.24. The Morgan fingerprint density at radius 3 is 2.65 bits per heavy atom. The number of aromatic amines is 1. The van der Waals surface area contributed by atoms with Crippen LogP contribution in [0.2, 0.25) is 0 Å². The van der Waals surface area contributed by atoms with E-state index in [2.05, 4.69) is 45.4 Å². The van der Waals surface area contributed by atoms with Gasteiger partial charge in [-0.05, 0) is 30.7 Å². The number of piperidine rings is 1. The van der Waals surface area contributed by atoms with Gasteiger partial charge in [-0.2, -0.15) is 5.10 Å². The molecule has 1 saturated heterocycles. The van der Waals surface area contributed by atoms with E-state index < -0.39 is 0 Å². The third-order valence-corrected chi connectivity index (χ3v) is 4.00. The van der Waals surface area contributed by atoms with Crippen molar-refractivity contribution in [3.8, 4) is 0 Å². The topological polar surface area (TPSA) is 49.0 Å². The summed E-state index contributed by atoms with van der Waals surface area (Å²) in [5.41, 5.74) is 2.23. The minimum Gasteiger partial charge on any atom is -0.370 e. The Hall–Kier alpha value is -2.10. The summed E-state index contributed by atoms with van der Waals surface area (Å²) in [6.07, 6.45) is 5.23. The Labute approximate surface area is 118 Å². The number of nitrogens with one attached hydrogen (secondary N) is 1. The molecule has 4 heteroatoms. The van der Waals surface area contributed by atoms with E-state index >= 15 is 0 Å². The molecule has 3 rings (SSSR count). The lowest BCUT2D eigenvalue weighted by molar-refractivity contribution is 0.403. The molecule has 2 aromatic rings. The van der Waals surface area contributed by atoms with Gasteiger partial charge in [-0.1, -0.05) is 30.3 Å². The minimum absolute atomic E-state index is 0.131. The summed E-state index contributed by atoms with van der Waals surface area (Å²) < 4.78 is 0. The van der Waals surface area contributed by atoms with Crippen LogP contribution in [0.15, 0.2) is 47.4 Å². The molecule has 1 aliphatic rings. The average molecular weight is 269 g/mol. The van der Waals surface area contributed by atoms with Gasteiger partial charge in [0, 0.05) is 19.2 Å². The van der Waals surface area contributed by atoms with Gasteiger partial charge in [0.25, 0.3) is 5.56 Å². The maximum absolute atomic E-state index is 11.3. The van der Waals surface area contributed by atoms with Crippen LogP contribution in [0.4, 0.5) is 5.69 Å². The zero-order chi connectivity index (χ0) is 13.8. The summed E-state index contributed by atoms with van der Waals surface area (Å²) in [6, 6.07) is 12.3. The fourth-order valence-electron chi connectivity index (χ4n) is 2.88. The highest BCUT2D eigenvalue weighted by atomic mass is 16.1. The van der Waals surface area contributed by atoms with E-state index in [1.165, 1.54) is 18.4 Å². The second kappa shape index (κ2) is 5.90. The number of benzene rings is 1. The van der Waals surface area contributed by atoms with E-state index in [0.29, 0.717) is 0 Å². The van der Waals surface area contributed by atoms with E-state index in [4.69, 9.17) is 0 Å². The molecule has 0 bridgehead atoms. The van der Waals surface area contributed by atoms with Crippen molar-refractivity contribution in [1.82, 2.24) is 10.2 Å². The lowest BCUT2D eigenvalue weighted by atomic mass is 9.90. The number of nitrogens with zero attached hydrogens (tertiary/aromatic N) is 2. The molecule has 1 N–H and O–H groups in total. The molecule has 1 aliphatic heterocycles. The van der Waals surface area contributed by atoms with Crippen LogP contribution in [-0.4, -0.2) is 23.3 Å². The van der Waals surface area contributed by atoms with Crippen LogP contribution in [0.3, 0.4) is 0 Å². The van der Waals surface area contributed by atoms with Crippen molar-refractivity contribution < 1.29 is 0 Å². The van der Waals surface area contributed by atoms with Crippen LogP contribution < -0.4 is 10.5 Å². The van der Waals surface area contributed by atoms with Gasteiger partial charge in [0.05, 0.1) is 11.9 Å². The summed E-state index contributed by atoms with van der Waals surface area (Å²) in [5.74, 6) is 0.739. The van der Waals surface area contributed by atoms with Crippen LogP contribution in [0.1, 0.15) is 18.4 Å². The fourth-order valence-corrected chi connectivity index (χ4v) is 2.88. The predicted molar refractivity (Wildman–Crippen MR) is 79.9 cm³/mol. The Morgan fingerprint density at radius 2 is 1.95 bits per heavy atom. The lowest BCUT2D eigenvalue weighted by Gasteiger charge is -2.33. The van der Waals surface area contributed by atoms with Crippen molar-refractivity contribution in [2.75, 3.05) is 18.0 Å². The smallest absolute Gasteiger partial charge is 0.266 e. The molecule has 2 heterocycles. The molecule has 4 nitrogen and oxygen atoms in total. The molecule has 1 aromatic carbocycles. The maximum Gasteiger partial charge on any atom is 0.266 e. The minimum atomic E-state index is -0.131. The number of rotatable bonds is 3. The van der Waals surface area contributed by atoms with E-state index in [9.17, 15) is 4.79 Å². The van der Waals surface area contributed by atoms with Crippen molar-refractivity contribution in [2.24, 2.45) is 5.92 Å². The Kier molecular flexibility index (Phi) is 3.81. The standard InChI is InChI=1S/C16H19N3O/c20-16-11-15(12-17-18-16)19-8-6-14(7-9-19)10-13-4-2-1-3-5-13/h1-5,11-12,14H,6-10H2,(H,18,20). The first kappa shape index (κ1) is 12.9. The normalized spacial score (nSPS) is 16.3. The molecule has 0 atom stereocenters. The molecular formula is C16H19N3O. The Balaban J connectivity index is 1.58. The largest absolute Gasteiger partial charge is 0.370 e. The number of aromatic nitrogens is 2. The van der Waals surface area contributed by atoms with Gasteiger partial charge >= 0.3 is 0 Å². The zero-order valence-corrected chi connectivity index (χ0v) is 11.5. The zero-order valence-electron chi connectivity index (χ0n) is 11.5. The van der Waals surface area contributed by atoms with Gasteiger partial charge in [0.1, 0.15) is 0 Å². The van der Waals surface area contributed by atoms with E-state index in [1.807, 2.05) is 0 Å². The first-order valence-corrected chi connectivity index (χ1v) is 7.15. The molecule has 0 unspecified atom stereocenters. The van der Waals surface area contributed by atoms with Crippen LogP contribution in [-0.2, 0) is 6.42 Å². The highest BCUT2D eigenvalue weighted by molar-refractivity contribution is 5.43. The van der Waals surface area contributed by atoms with Crippen LogP contribution in [0.5, 0.6) is 0 Å². The Morgan fingerprint density at radius 1 is 1.20 bits per heavy atom. The maximum atomic E-state index is 11.3. The monoisotopic (exact) mass is 269 g/mol. The number of hydrogen-bond donors (Lipinski definition) is 1. The molecule has 0 radical (unpaired) electrons. The third-order valence-electron chi connectivity index (χ3n) is 4.00. The number of H-pyrrole nitrogens is 1. The van der Waals surface area contributed by atoms with Crippen LogP contribution in [0, 0.1) is 5.92 Å². The summed E-state index contributed by atoms with van der Waals surface area (Å²) in [4.78, 5) is 13.5. The molecule has 104 valence electrons. The molecular weight excluding hydrogens is 250 g/mol. The first-order valence-electron chi connectivity index (χ1n) is 7.15. The molecule has 1 aromatic heterocycles. The van der Waals surface area contributed by atoms with Gasteiger partial charge < -0.3 is 4.90 Å². The third kappa shape index (κ3) is 3.07. The second-order valence-electron chi connectivity index (χ2n) is 5.42. The quantitative estimate of drug-likeness (QED) is 0.929. The van der Waals surface area contributed by atoms with Crippen molar-refractivity contribution in [2.45, 2.75) is 19.3 Å². The van der Waals surface area contributed by atoms with Gasteiger partial charge in [-0.3, -0.25) is 4.79 Å². The van der Waals surface area contributed by atoms with E-state index in [0.717, 1.165) is 31.1 Å². The van der Waals surface area contributed by atoms with Crippen molar-refractivity contribution in [3.63, 3.8) is 0 Å². The van der Waals surface area contributed by atoms with E-state index in [-0.39, 0.29) is 5.56 Å². The van der Waals surface area contributed by atoms with Crippen molar-refractivity contribution in [1.29, 1.82) is 0 Å². The molecule has 20 heavy (non-hydrogen) atoms. The summed E-state index contributed by atoms with van der Waals surface area (Å²) in [6.45, 7) is 2.01. The van der Waals surface area contributed by atoms with Gasteiger partial charge in [0.2, 0.25) is 0 Å². The summed E-state index contributed by atoms with van der Waals surface area (Å²) >= 11 is 0. The highest BCUT2D eigenvalue weighted by Gasteiger charge is 2.20. The summed E-state index contributed by atoms with van der Waals surface area (Å²) in [5, 5.41) is 6.29. The van der Waals surface area contributed by atoms with Crippen molar-refractivity contribution in [3.05, 3.63) is 58.5 Å². The second-order valence-corrected chi connectivity index (χ2v) is 5.42. The van der Waals surface area contributed by atoms with Crippen LogP contribution >= 0.6 is 0 Å². The Bertz CT molecular complexity index is 600. The predicted octanol–water partition coefficient (Wildman–Crippen LogP) is 2.23. The van der Waals surface area contributed by atoms with Gasteiger partial charge in [-0.25, -0.2) is 5.10 Å². The first-order chi connectivity index (χ1) is 9.81. The molecule has 0 amide bonds. The van der Waals surface area contributed by atoms with Gasteiger partial charge in [-0.15, -0.1) is 0 Å². The fraction of sp³-hybridized carbons (Fsp3) is 0.375. The lowest BCUT2D eigenvalue weighted by Crippen LogP contribution is -2.35. The van der Waals surface area contributed by atoms with Crippen molar-refractivity contribution >= 4 is 5.69 Å². The molecule has 0 aliphatic carbocycles. The number of hydrogen-bond acceptors (Lipinski definition) is 3. The molecule has 0 spiro atoms. The van der Waals surface area contributed by atoms with Gasteiger partial charge in [0.15, 0.2) is 0 Å². The molecule has 1 fully saturated rings. The molecule has 0 saturated carbocycles. The SMILES string of the molecule is O=c1cc(N2CCC(Cc3ccccc3)CC2)cn[nH]1. The average Bonchev–Trinajstić information content (AvgIpc) is 2.49. The number of anilines is 1. The summed E-state index contributed by atoms with van der Waals surface area (Å²) in [7, 11) is 0.